The van der Waals surface area contributed by atoms with E-state index in [0.717, 1.165) is 6.42 Å². The molecular weight excluding hydrogens is 72.1 g/mol. The summed E-state index contributed by atoms with van der Waals surface area (Å²) in [7, 11) is 0. The zero-order chi connectivity index (χ0) is 4.71. The summed E-state index contributed by atoms with van der Waals surface area (Å²) >= 11 is 0. The predicted molar refractivity (Wildman–Crippen MR) is 33.3 cm³/mol. The topological polar surface area (TPSA) is 0 Å². The summed E-state index contributed by atoms with van der Waals surface area (Å²) in [5.74, 6) is 0. The third-order valence-corrected chi connectivity index (χ3v) is 0. The van der Waals surface area contributed by atoms with Crippen molar-refractivity contribution in [2.45, 2.75) is 13.8 Å². The molecule has 0 heteroatoms. The number of hydrogen-bond donors (Lipinski definition) is 0. The van der Waals surface area contributed by atoms with E-state index in [-0.39, 0.29) is 7.43 Å². The zero-order valence-electron chi connectivity index (χ0n) is 3.54. The van der Waals surface area contributed by atoms with Crippen LogP contribution in [0.15, 0.2) is 13.2 Å². The highest BCUT2D eigenvalue weighted by Crippen LogP contribution is 1.53. The van der Waals surface area contributed by atoms with Crippen LogP contribution in [0.1, 0.15) is 13.8 Å². The van der Waals surface area contributed by atoms with Crippen molar-refractivity contribution in [2.75, 3.05) is 0 Å². The summed E-state index contributed by atoms with van der Waals surface area (Å²) < 4.78 is 0. The van der Waals surface area contributed by atoms with Crippen LogP contribution >= 0.6 is 0 Å². The van der Waals surface area contributed by atoms with Crippen LogP contribution in [0, 0.1) is 13.8 Å². The van der Waals surface area contributed by atoms with Crippen LogP contribution in [0.5, 0.6) is 0 Å². The van der Waals surface area contributed by atoms with Crippen molar-refractivity contribution in [1.29, 1.82) is 0 Å². The molecule has 0 fully saturated rings. The minimum absolute atomic E-state index is 0. The van der Waals surface area contributed by atoms with Gasteiger partial charge >= 0.3 is 0 Å². The molecule has 0 saturated heterocycles. The Balaban J connectivity index is -0.0000000275. The van der Waals surface area contributed by atoms with Crippen molar-refractivity contribution in [2.24, 2.45) is 0 Å². The monoisotopic (exact) mass is 86.1 g/mol. The smallest absolute Gasteiger partial charge is 0.0302 e. The van der Waals surface area contributed by atoms with Crippen LogP contribution < -0.4 is 0 Å². The van der Waals surface area contributed by atoms with E-state index in [1.807, 2.05) is 0 Å². The van der Waals surface area contributed by atoms with Crippen molar-refractivity contribution in [3.8, 4) is 0 Å². The lowest BCUT2D eigenvalue weighted by atomic mass is 10.6. The van der Waals surface area contributed by atoms with E-state index >= 15 is 0 Å². The third-order valence-electron chi connectivity index (χ3n) is 0. The summed E-state index contributed by atoms with van der Waals surface area (Å²) in [6.45, 7) is 12.8. The van der Waals surface area contributed by atoms with Gasteiger partial charge in [-0.15, -0.1) is 13.2 Å². The van der Waals surface area contributed by atoms with E-state index < -0.39 is 0 Å². The lowest BCUT2D eigenvalue weighted by molar-refractivity contribution is 1.41. The molecule has 0 atom stereocenters. The van der Waals surface area contributed by atoms with E-state index in [2.05, 4.69) is 27.0 Å². The normalized spacial score (nSPS) is 3.50. The minimum Gasteiger partial charge on any atom is -0.300 e. The standard InChI is InChI=1S/C3H6.C2H4.CH4/c1-3-2;1-2;/h1-3H2;1-2H2;1H4. The Hall–Kier alpha value is -0.390. The van der Waals surface area contributed by atoms with Gasteiger partial charge in [-0.05, 0) is 6.42 Å². The Bertz CT molecular complexity index is 4.00. The number of hydrogen-bond acceptors (Lipinski definition) is 0. The maximum absolute atomic E-state index is 3.38. The first-order valence-electron chi connectivity index (χ1n) is 1.50. The van der Waals surface area contributed by atoms with Gasteiger partial charge in [0.2, 0.25) is 0 Å². The fourth-order valence-electron chi connectivity index (χ4n) is 0. The predicted octanol–water partition coefficient (Wildman–Crippen LogP) is 2.48. The van der Waals surface area contributed by atoms with Gasteiger partial charge < -0.3 is 0 Å². The molecule has 0 amide bonds. The molecule has 0 aliphatic rings. The van der Waals surface area contributed by atoms with Gasteiger partial charge in [-0.1, -0.05) is 7.43 Å². The Kier molecular flexibility index (Phi) is 471. The largest absolute Gasteiger partial charge is 0.300 e. The van der Waals surface area contributed by atoms with E-state index in [1.165, 1.54) is 0 Å². The molecule has 6 heavy (non-hydrogen) atoms. The SMILES string of the molecule is C.C=C.[CH2+]C[CH2-]. The molecule has 0 spiro atoms. The average molecular weight is 86.2 g/mol. The molecule has 0 unspecified atom stereocenters. The van der Waals surface area contributed by atoms with E-state index in [0.29, 0.717) is 0 Å². The summed E-state index contributed by atoms with van der Waals surface area (Å²) in [6.07, 6.45) is 0.750. The van der Waals surface area contributed by atoms with Gasteiger partial charge in [-0.25, -0.2) is 0 Å². The molecule has 0 radical (unpaired) electrons. The first-order valence-corrected chi connectivity index (χ1v) is 1.50. The highest BCUT2D eigenvalue weighted by atomic mass is 13.4. The van der Waals surface area contributed by atoms with Crippen LogP contribution in [0.3, 0.4) is 0 Å². The molecule has 0 bridgehead atoms. The summed E-state index contributed by atoms with van der Waals surface area (Å²) in [5, 5.41) is 0. The van der Waals surface area contributed by atoms with Crippen LogP contribution in [-0.2, 0) is 0 Å². The summed E-state index contributed by atoms with van der Waals surface area (Å²) in [5.41, 5.74) is 0. The van der Waals surface area contributed by atoms with Crippen LogP contribution in [-0.4, -0.2) is 0 Å². The van der Waals surface area contributed by atoms with Gasteiger partial charge in [0.05, 0.1) is 0 Å². The molecule has 0 aliphatic carbocycles. The van der Waals surface area contributed by atoms with Gasteiger partial charge in [0.25, 0.3) is 0 Å². The maximum Gasteiger partial charge on any atom is 0.0302 e. The Morgan fingerprint density at radius 1 is 1.50 bits per heavy atom. The molecule has 0 aliphatic heterocycles. The van der Waals surface area contributed by atoms with Crippen molar-refractivity contribution < 1.29 is 0 Å². The molecule has 0 N–H and O–H groups in total. The molecule has 0 rings (SSSR count). The first kappa shape index (κ1) is 17.5. The maximum atomic E-state index is 3.38. The van der Waals surface area contributed by atoms with Gasteiger partial charge in [-0.3, -0.25) is 6.92 Å². The molecular formula is C6H14. The number of rotatable bonds is 0. The van der Waals surface area contributed by atoms with E-state index in [4.69, 9.17) is 0 Å². The van der Waals surface area contributed by atoms with Gasteiger partial charge in [0, 0.05) is 6.92 Å². The van der Waals surface area contributed by atoms with Gasteiger partial charge in [0.15, 0.2) is 0 Å². The minimum atomic E-state index is 0. The molecule has 0 aromatic carbocycles. The van der Waals surface area contributed by atoms with E-state index in [9.17, 15) is 0 Å². The van der Waals surface area contributed by atoms with E-state index in [1.54, 1.807) is 0 Å². The molecule has 0 aromatic heterocycles. The van der Waals surface area contributed by atoms with Crippen LogP contribution in [0.4, 0.5) is 0 Å². The highest BCUT2D eigenvalue weighted by molar-refractivity contribution is 4.34. The molecule has 0 nitrogen and oxygen atoms in total. The van der Waals surface area contributed by atoms with Crippen molar-refractivity contribution in [3.05, 3.63) is 27.0 Å². The summed E-state index contributed by atoms with van der Waals surface area (Å²) in [4.78, 5) is 0. The Morgan fingerprint density at radius 3 is 1.50 bits per heavy atom. The lowest BCUT2D eigenvalue weighted by Crippen LogP contribution is -1.30. The quantitative estimate of drug-likeness (QED) is 0.314. The highest BCUT2D eigenvalue weighted by Gasteiger charge is 1.34. The summed E-state index contributed by atoms with van der Waals surface area (Å²) in [6, 6.07) is 0. The van der Waals surface area contributed by atoms with Crippen molar-refractivity contribution in [3.63, 3.8) is 0 Å². The average Bonchev–Trinajstić information content (AvgIpc) is 1.46. The fraction of sp³-hybridized carbons (Fsp3) is 0.333. The molecule has 0 saturated carbocycles. The molecule has 0 aromatic rings. The lowest BCUT2D eigenvalue weighted by Gasteiger charge is -1.51. The zero-order valence-corrected chi connectivity index (χ0v) is 3.54. The Morgan fingerprint density at radius 2 is 1.50 bits per heavy atom. The van der Waals surface area contributed by atoms with Crippen molar-refractivity contribution >= 4 is 0 Å². The second-order valence-corrected chi connectivity index (χ2v) is 0.354. The second kappa shape index (κ2) is 161. The van der Waals surface area contributed by atoms with Crippen LogP contribution in [0.2, 0.25) is 0 Å². The fourth-order valence-corrected chi connectivity index (χ4v) is 0. The van der Waals surface area contributed by atoms with Gasteiger partial charge in [-0.2, -0.15) is 0 Å². The molecule has 38 valence electrons. The van der Waals surface area contributed by atoms with Crippen molar-refractivity contribution in [1.82, 2.24) is 0 Å². The first-order chi connectivity index (χ1) is 2.41. The third kappa shape index (κ3) is 162. The Labute approximate surface area is 41.9 Å². The van der Waals surface area contributed by atoms with Crippen LogP contribution in [0.25, 0.3) is 0 Å². The molecule has 0 heterocycles. The van der Waals surface area contributed by atoms with Gasteiger partial charge in [0.1, 0.15) is 0 Å². The second-order valence-electron chi connectivity index (χ2n) is 0.354.